The molecule has 0 amide bonds. The Kier molecular flexibility index (Phi) is 6.84. The van der Waals surface area contributed by atoms with Gasteiger partial charge in [0.2, 0.25) is 0 Å². The van der Waals surface area contributed by atoms with Gasteiger partial charge in [0, 0.05) is 0 Å². The minimum Gasteiger partial charge on any atom is -0.106 e. The van der Waals surface area contributed by atoms with Gasteiger partial charge in [-0.25, -0.2) is 0 Å². The maximum Gasteiger partial charge on any atom is 0.140 e. The molecule has 0 aliphatic heterocycles. The Morgan fingerprint density at radius 2 is 0.625 bits per heavy atom. The predicted octanol–water partition coefficient (Wildman–Crippen LogP) is 4.96. The first-order valence-electron chi connectivity index (χ1n) is 11.2. The van der Waals surface area contributed by atoms with E-state index in [9.17, 15) is 0 Å². The molecule has 2 heteroatoms. The van der Waals surface area contributed by atoms with E-state index in [2.05, 4.69) is 146 Å². The second-order valence-corrected chi connectivity index (χ2v) is 16.3. The molecule has 0 saturated carbocycles. The summed E-state index contributed by atoms with van der Waals surface area (Å²) >= 11 is 0. The molecule has 0 nitrogen and oxygen atoms in total. The molecule has 0 aliphatic rings. The van der Waals surface area contributed by atoms with Crippen LogP contribution in [0, 0.1) is 0 Å². The molecule has 0 spiro atoms. The van der Waals surface area contributed by atoms with Gasteiger partial charge in [-0.1, -0.05) is 133 Å². The van der Waals surface area contributed by atoms with E-state index in [4.69, 9.17) is 0 Å². The highest BCUT2D eigenvalue weighted by atomic mass is 28.3. The first kappa shape index (κ1) is 22.0. The Balaban J connectivity index is 1.85. The molecule has 0 saturated heterocycles. The lowest BCUT2D eigenvalue weighted by Gasteiger charge is -2.36. The lowest BCUT2D eigenvalue weighted by Crippen LogP contribution is -2.61. The Hall–Kier alpha value is -3.21. The summed E-state index contributed by atoms with van der Waals surface area (Å²) in [5.74, 6) is 0. The Morgan fingerprint density at radius 1 is 0.406 bits per heavy atom. The zero-order valence-electron chi connectivity index (χ0n) is 18.5. The molecular formula is C30H30Si2. The molecule has 158 valence electrons. The summed E-state index contributed by atoms with van der Waals surface area (Å²) in [5.41, 5.74) is 4.58. The van der Waals surface area contributed by atoms with Crippen LogP contribution in [0.1, 0.15) is 0 Å². The molecule has 0 unspecified atom stereocenters. The molecular weight excluding hydrogens is 417 g/mol. The minimum atomic E-state index is -2.16. The van der Waals surface area contributed by atoms with Crippen molar-refractivity contribution in [2.24, 2.45) is 0 Å². The molecule has 0 atom stereocenters. The van der Waals surface area contributed by atoms with Crippen LogP contribution in [0.5, 0.6) is 0 Å². The molecule has 32 heavy (non-hydrogen) atoms. The monoisotopic (exact) mass is 446 g/mol. The smallest absolute Gasteiger partial charge is 0.106 e. The lowest BCUT2D eigenvalue weighted by atomic mass is 10.4. The largest absolute Gasteiger partial charge is 0.140 e. The van der Waals surface area contributed by atoms with Gasteiger partial charge in [0.1, 0.15) is 16.1 Å². The molecule has 4 aromatic rings. The standard InChI is InChI=1S/C30H30Si2/c1-3-31(27-17-9-5-10-18-27,28-19-11-6-12-20-28)25-26-32(4-2,29-21-13-7-14-22-29)30-23-15-8-16-24-30/h3-24H,1-2,25-26H2. The molecule has 0 heterocycles. The van der Waals surface area contributed by atoms with Crippen molar-refractivity contribution in [3.8, 4) is 0 Å². The summed E-state index contributed by atoms with van der Waals surface area (Å²) in [7, 11) is -4.33. The van der Waals surface area contributed by atoms with Gasteiger partial charge in [-0.15, -0.1) is 13.2 Å². The van der Waals surface area contributed by atoms with Crippen molar-refractivity contribution in [1.29, 1.82) is 0 Å². The van der Waals surface area contributed by atoms with Crippen LogP contribution in [-0.4, -0.2) is 16.1 Å². The fraction of sp³-hybridized carbons (Fsp3) is 0.0667. The van der Waals surface area contributed by atoms with Crippen molar-refractivity contribution in [3.63, 3.8) is 0 Å². The van der Waals surface area contributed by atoms with Crippen LogP contribution in [0.2, 0.25) is 12.1 Å². The molecule has 0 radical (unpaired) electrons. The SMILES string of the molecule is C=C[Si](CC[Si](C=C)(c1ccccc1)c1ccccc1)(c1ccccc1)c1ccccc1. The van der Waals surface area contributed by atoms with Crippen molar-refractivity contribution in [3.05, 3.63) is 146 Å². The Labute approximate surface area is 194 Å². The van der Waals surface area contributed by atoms with E-state index in [0.29, 0.717) is 0 Å². The van der Waals surface area contributed by atoms with Gasteiger partial charge in [-0.3, -0.25) is 0 Å². The molecule has 4 rings (SSSR count). The van der Waals surface area contributed by atoms with E-state index < -0.39 is 16.1 Å². The van der Waals surface area contributed by atoms with E-state index in [0.717, 1.165) is 12.1 Å². The topological polar surface area (TPSA) is 0 Å². The third-order valence-corrected chi connectivity index (χ3v) is 16.2. The second-order valence-electron chi connectivity index (χ2n) is 8.32. The van der Waals surface area contributed by atoms with E-state index in [1.54, 1.807) is 0 Å². The molecule has 4 aromatic carbocycles. The summed E-state index contributed by atoms with van der Waals surface area (Å²) < 4.78 is 0. The second kappa shape index (κ2) is 9.94. The Bertz CT molecular complexity index is 963. The number of hydrogen-bond acceptors (Lipinski definition) is 0. The van der Waals surface area contributed by atoms with Gasteiger partial charge in [0.15, 0.2) is 0 Å². The molecule has 0 aromatic heterocycles. The lowest BCUT2D eigenvalue weighted by molar-refractivity contribution is 1.34. The maximum atomic E-state index is 4.41. The van der Waals surface area contributed by atoms with Gasteiger partial charge in [0.25, 0.3) is 0 Å². The van der Waals surface area contributed by atoms with Crippen molar-refractivity contribution < 1.29 is 0 Å². The summed E-state index contributed by atoms with van der Waals surface area (Å²) in [6.45, 7) is 8.82. The highest BCUT2D eigenvalue weighted by Gasteiger charge is 2.40. The molecule has 0 fully saturated rings. The minimum absolute atomic E-state index is 1.10. The average Bonchev–Trinajstić information content (AvgIpc) is 2.89. The summed E-state index contributed by atoms with van der Waals surface area (Å²) in [6.07, 6.45) is 0. The number of hydrogen-bond donors (Lipinski definition) is 0. The number of rotatable bonds is 9. The number of benzene rings is 4. The van der Waals surface area contributed by atoms with Crippen molar-refractivity contribution >= 4 is 36.9 Å². The van der Waals surface area contributed by atoms with Crippen LogP contribution in [0.4, 0.5) is 0 Å². The van der Waals surface area contributed by atoms with Crippen LogP contribution >= 0.6 is 0 Å². The van der Waals surface area contributed by atoms with Crippen molar-refractivity contribution in [1.82, 2.24) is 0 Å². The van der Waals surface area contributed by atoms with E-state index in [1.165, 1.54) is 20.7 Å². The third-order valence-electron chi connectivity index (χ3n) is 6.77. The summed E-state index contributed by atoms with van der Waals surface area (Å²) in [5, 5.41) is 5.70. The van der Waals surface area contributed by atoms with Gasteiger partial charge in [-0.2, -0.15) is 0 Å². The predicted molar refractivity (Wildman–Crippen MR) is 146 cm³/mol. The zero-order valence-corrected chi connectivity index (χ0v) is 20.5. The maximum absolute atomic E-state index is 4.41. The van der Waals surface area contributed by atoms with E-state index in [1.807, 2.05) is 0 Å². The van der Waals surface area contributed by atoms with Crippen LogP contribution in [0.3, 0.4) is 0 Å². The first-order valence-corrected chi connectivity index (χ1v) is 15.8. The van der Waals surface area contributed by atoms with Gasteiger partial charge in [-0.05, 0) is 32.8 Å². The van der Waals surface area contributed by atoms with Crippen LogP contribution in [0.25, 0.3) is 0 Å². The quantitative estimate of drug-likeness (QED) is 0.319. The van der Waals surface area contributed by atoms with Crippen molar-refractivity contribution in [2.75, 3.05) is 0 Å². The highest BCUT2D eigenvalue weighted by Crippen LogP contribution is 2.23. The van der Waals surface area contributed by atoms with Gasteiger partial charge < -0.3 is 0 Å². The zero-order chi connectivity index (χ0) is 22.3. The van der Waals surface area contributed by atoms with Gasteiger partial charge in [0.05, 0.1) is 0 Å². The normalized spacial score (nSPS) is 11.6. The molecule has 0 aliphatic carbocycles. The fourth-order valence-electron chi connectivity index (χ4n) is 4.92. The van der Waals surface area contributed by atoms with Gasteiger partial charge >= 0.3 is 0 Å². The Morgan fingerprint density at radius 3 is 0.812 bits per heavy atom. The van der Waals surface area contributed by atoms with Crippen LogP contribution < -0.4 is 20.7 Å². The average molecular weight is 447 g/mol. The van der Waals surface area contributed by atoms with E-state index >= 15 is 0 Å². The first-order chi connectivity index (χ1) is 15.7. The summed E-state index contributed by atoms with van der Waals surface area (Å²) in [4.78, 5) is 0. The fourth-order valence-corrected chi connectivity index (χ4v) is 14.4. The summed E-state index contributed by atoms with van der Waals surface area (Å²) in [6, 6.07) is 46.3. The molecule has 0 N–H and O–H groups in total. The molecule has 0 bridgehead atoms. The third kappa shape index (κ3) is 4.12. The van der Waals surface area contributed by atoms with E-state index in [-0.39, 0.29) is 0 Å². The van der Waals surface area contributed by atoms with Crippen LogP contribution in [-0.2, 0) is 0 Å². The van der Waals surface area contributed by atoms with Crippen LogP contribution in [0.15, 0.2) is 146 Å². The van der Waals surface area contributed by atoms with Crippen molar-refractivity contribution in [2.45, 2.75) is 12.1 Å². The highest BCUT2D eigenvalue weighted by molar-refractivity contribution is 7.10.